The molecule has 1 saturated carbocycles. The lowest BCUT2D eigenvalue weighted by molar-refractivity contribution is 0.352. The predicted octanol–water partition coefficient (Wildman–Crippen LogP) is 4.49. The molecule has 1 rings (SSSR count). The number of rotatable bonds is 6. The third-order valence-electron chi connectivity index (χ3n) is 3.61. The topological polar surface area (TPSA) is 0 Å². The summed E-state index contributed by atoms with van der Waals surface area (Å²) in [6.07, 6.45) is 7.32. The summed E-state index contributed by atoms with van der Waals surface area (Å²) < 4.78 is 0. The Labute approximate surface area is 84.1 Å². The molecule has 0 radical (unpaired) electrons. The molecule has 3 unspecified atom stereocenters. The van der Waals surface area contributed by atoms with E-state index in [0.29, 0.717) is 0 Å². The summed E-state index contributed by atoms with van der Waals surface area (Å²) in [4.78, 5) is 0. The maximum atomic E-state index is 2.36. The molecule has 0 saturated heterocycles. The van der Waals surface area contributed by atoms with E-state index in [1.807, 2.05) is 0 Å². The molecule has 1 aliphatic carbocycles. The highest BCUT2D eigenvalue weighted by Gasteiger charge is 2.36. The van der Waals surface area contributed by atoms with Crippen molar-refractivity contribution in [1.82, 2.24) is 0 Å². The van der Waals surface area contributed by atoms with Gasteiger partial charge in [-0.2, -0.15) is 0 Å². The van der Waals surface area contributed by atoms with Crippen LogP contribution in [0.1, 0.15) is 59.8 Å². The second-order valence-corrected chi connectivity index (χ2v) is 5.30. The molecule has 0 bridgehead atoms. The normalized spacial score (nSPS) is 29.3. The van der Waals surface area contributed by atoms with Crippen LogP contribution in [0.4, 0.5) is 0 Å². The molecule has 0 aliphatic heterocycles. The van der Waals surface area contributed by atoms with E-state index in [1.54, 1.807) is 0 Å². The first-order valence-corrected chi connectivity index (χ1v) is 6.17. The summed E-state index contributed by atoms with van der Waals surface area (Å²) >= 11 is 0. The van der Waals surface area contributed by atoms with Gasteiger partial charge in [-0.15, -0.1) is 0 Å². The van der Waals surface area contributed by atoms with Crippen molar-refractivity contribution >= 4 is 0 Å². The molecule has 0 heterocycles. The second kappa shape index (κ2) is 5.02. The summed E-state index contributed by atoms with van der Waals surface area (Å²) in [5.41, 5.74) is 0. The van der Waals surface area contributed by atoms with E-state index < -0.39 is 0 Å². The van der Waals surface area contributed by atoms with Crippen LogP contribution in [0.25, 0.3) is 0 Å². The van der Waals surface area contributed by atoms with Gasteiger partial charge in [0.25, 0.3) is 0 Å². The van der Waals surface area contributed by atoms with Gasteiger partial charge < -0.3 is 0 Å². The van der Waals surface area contributed by atoms with Crippen molar-refractivity contribution in [3.05, 3.63) is 0 Å². The average molecular weight is 182 g/mol. The van der Waals surface area contributed by atoms with E-state index in [2.05, 4.69) is 27.7 Å². The van der Waals surface area contributed by atoms with Gasteiger partial charge in [0.15, 0.2) is 0 Å². The van der Waals surface area contributed by atoms with E-state index in [4.69, 9.17) is 0 Å². The highest BCUT2D eigenvalue weighted by molar-refractivity contribution is 4.86. The molecule has 1 fully saturated rings. The maximum Gasteiger partial charge on any atom is -0.0380 e. The fourth-order valence-corrected chi connectivity index (χ4v) is 2.62. The zero-order chi connectivity index (χ0) is 9.84. The van der Waals surface area contributed by atoms with Gasteiger partial charge in [-0.1, -0.05) is 40.5 Å². The average Bonchev–Trinajstić information content (AvgIpc) is 2.81. The van der Waals surface area contributed by atoms with Crippen molar-refractivity contribution in [2.45, 2.75) is 59.8 Å². The van der Waals surface area contributed by atoms with Crippen molar-refractivity contribution < 1.29 is 0 Å². The lowest BCUT2D eigenvalue weighted by Crippen LogP contribution is -2.04. The first kappa shape index (κ1) is 11.1. The van der Waals surface area contributed by atoms with Crippen LogP contribution in [0.5, 0.6) is 0 Å². The highest BCUT2D eigenvalue weighted by Crippen LogP contribution is 2.46. The van der Waals surface area contributed by atoms with Gasteiger partial charge in [-0.3, -0.25) is 0 Å². The van der Waals surface area contributed by atoms with Gasteiger partial charge >= 0.3 is 0 Å². The van der Waals surface area contributed by atoms with Crippen molar-refractivity contribution in [3.8, 4) is 0 Å². The zero-order valence-electron chi connectivity index (χ0n) is 9.84. The Hall–Kier alpha value is 0. The molecule has 78 valence electrons. The third-order valence-corrected chi connectivity index (χ3v) is 3.61. The van der Waals surface area contributed by atoms with E-state index in [9.17, 15) is 0 Å². The fourth-order valence-electron chi connectivity index (χ4n) is 2.62. The van der Waals surface area contributed by atoms with E-state index >= 15 is 0 Å². The molecule has 3 atom stereocenters. The molecular formula is C13H26. The molecule has 0 aromatic heterocycles. The highest BCUT2D eigenvalue weighted by atomic mass is 14.4. The lowest BCUT2D eigenvalue weighted by atomic mass is 9.89. The third kappa shape index (κ3) is 3.70. The SMILES string of the molecule is CCC(CC(C)C)CC1CC1CC. The Kier molecular flexibility index (Phi) is 4.28. The van der Waals surface area contributed by atoms with Gasteiger partial charge in [0.05, 0.1) is 0 Å². The summed E-state index contributed by atoms with van der Waals surface area (Å²) in [5.74, 6) is 4.11. The monoisotopic (exact) mass is 182 g/mol. The summed E-state index contributed by atoms with van der Waals surface area (Å²) in [6, 6.07) is 0. The minimum Gasteiger partial charge on any atom is -0.0651 e. The van der Waals surface area contributed by atoms with Crippen LogP contribution >= 0.6 is 0 Å². The Morgan fingerprint density at radius 2 is 1.85 bits per heavy atom. The Bertz CT molecular complexity index is 137. The Morgan fingerprint density at radius 1 is 1.15 bits per heavy atom. The molecule has 13 heavy (non-hydrogen) atoms. The molecule has 0 amide bonds. The Balaban J connectivity index is 2.17. The maximum absolute atomic E-state index is 2.36. The number of hydrogen-bond acceptors (Lipinski definition) is 0. The molecule has 1 aliphatic rings. The minimum atomic E-state index is 0.892. The molecule has 0 nitrogen and oxygen atoms in total. The molecule has 0 aromatic carbocycles. The molecule has 0 N–H and O–H groups in total. The van der Waals surface area contributed by atoms with Gasteiger partial charge in [-0.05, 0) is 42.9 Å². The summed E-state index contributed by atoms with van der Waals surface area (Å²) in [5, 5.41) is 0. The van der Waals surface area contributed by atoms with Crippen LogP contribution in [-0.4, -0.2) is 0 Å². The molecule has 0 aromatic rings. The number of hydrogen-bond donors (Lipinski definition) is 0. The summed E-state index contributed by atoms with van der Waals surface area (Å²) in [6.45, 7) is 9.41. The first-order valence-electron chi connectivity index (χ1n) is 6.17. The second-order valence-electron chi connectivity index (χ2n) is 5.30. The lowest BCUT2D eigenvalue weighted by Gasteiger charge is -2.16. The van der Waals surface area contributed by atoms with E-state index in [-0.39, 0.29) is 0 Å². The molecule has 0 spiro atoms. The predicted molar refractivity (Wildman–Crippen MR) is 59.7 cm³/mol. The Morgan fingerprint density at radius 3 is 2.23 bits per heavy atom. The molecule has 0 heteroatoms. The van der Waals surface area contributed by atoms with Crippen LogP contribution < -0.4 is 0 Å². The van der Waals surface area contributed by atoms with Gasteiger partial charge in [0, 0.05) is 0 Å². The van der Waals surface area contributed by atoms with Crippen LogP contribution in [0.15, 0.2) is 0 Å². The van der Waals surface area contributed by atoms with E-state index in [0.717, 1.165) is 23.7 Å². The van der Waals surface area contributed by atoms with E-state index in [1.165, 1.54) is 32.1 Å². The van der Waals surface area contributed by atoms with Crippen molar-refractivity contribution in [2.75, 3.05) is 0 Å². The molecular weight excluding hydrogens is 156 g/mol. The van der Waals surface area contributed by atoms with Crippen LogP contribution in [-0.2, 0) is 0 Å². The summed E-state index contributed by atoms with van der Waals surface area (Å²) in [7, 11) is 0. The largest absolute Gasteiger partial charge is 0.0651 e. The van der Waals surface area contributed by atoms with Crippen molar-refractivity contribution in [1.29, 1.82) is 0 Å². The van der Waals surface area contributed by atoms with Crippen LogP contribution in [0.3, 0.4) is 0 Å². The minimum absolute atomic E-state index is 0.892. The van der Waals surface area contributed by atoms with Crippen LogP contribution in [0.2, 0.25) is 0 Å². The van der Waals surface area contributed by atoms with Gasteiger partial charge in [0.1, 0.15) is 0 Å². The quantitative estimate of drug-likeness (QED) is 0.567. The first-order chi connectivity index (χ1) is 6.17. The van der Waals surface area contributed by atoms with Crippen LogP contribution in [0, 0.1) is 23.7 Å². The smallest absolute Gasteiger partial charge is 0.0380 e. The van der Waals surface area contributed by atoms with Gasteiger partial charge in [-0.25, -0.2) is 0 Å². The van der Waals surface area contributed by atoms with Crippen molar-refractivity contribution in [2.24, 2.45) is 23.7 Å². The van der Waals surface area contributed by atoms with Crippen molar-refractivity contribution in [3.63, 3.8) is 0 Å². The fraction of sp³-hybridized carbons (Fsp3) is 1.00. The standard InChI is InChI=1S/C13H26/c1-5-11(7-10(3)4)8-13-9-12(13)6-2/h10-13H,5-9H2,1-4H3. The van der Waals surface area contributed by atoms with Gasteiger partial charge in [0.2, 0.25) is 0 Å². The zero-order valence-corrected chi connectivity index (χ0v) is 9.84.